The molecule has 6 heteroatoms. The highest BCUT2D eigenvalue weighted by molar-refractivity contribution is 6.03. The Morgan fingerprint density at radius 2 is 1.97 bits per heavy atom. The van der Waals surface area contributed by atoms with Crippen LogP contribution in [0.4, 0.5) is 5.69 Å². The summed E-state index contributed by atoms with van der Waals surface area (Å²) < 4.78 is 7.43. The summed E-state index contributed by atoms with van der Waals surface area (Å²) in [7, 11) is 0. The Labute approximate surface area is 168 Å². The Morgan fingerprint density at radius 1 is 1.10 bits per heavy atom. The Balaban J connectivity index is 1.38. The van der Waals surface area contributed by atoms with Gasteiger partial charge in [0.25, 0.3) is 5.91 Å². The van der Waals surface area contributed by atoms with Crippen LogP contribution in [0.5, 0.6) is 0 Å². The normalized spacial score (nSPS) is 15.2. The third kappa shape index (κ3) is 3.32. The summed E-state index contributed by atoms with van der Waals surface area (Å²) in [5.74, 6) is 1.09. The average molecular weight is 386 g/mol. The molecule has 3 heterocycles. The van der Waals surface area contributed by atoms with Crippen LogP contribution in [0.15, 0.2) is 71.3 Å². The highest BCUT2D eigenvalue weighted by Gasteiger charge is 2.24. The lowest BCUT2D eigenvalue weighted by molar-refractivity contribution is 0.0996. The molecule has 1 unspecified atom stereocenters. The lowest BCUT2D eigenvalue weighted by Gasteiger charge is -2.33. The molecule has 0 radical (unpaired) electrons. The van der Waals surface area contributed by atoms with Crippen LogP contribution in [0.3, 0.4) is 0 Å². The van der Waals surface area contributed by atoms with Crippen LogP contribution in [0.2, 0.25) is 0 Å². The number of hydrogen-bond acceptors (Lipinski definition) is 4. The first-order chi connectivity index (χ1) is 14.2. The highest BCUT2D eigenvalue weighted by atomic mass is 16.3. The van der Waals surface area contributed by atoms with E-state index in [0.29, 0.717) is 17.5 Å². The van der Waals surface area contributed by atoms with Gasteiger partial charge in [0.15, 0.2) is 5.76 Å². The second-order valence-electron chi connectivity index (χ2n) is 7.37. The van der Waals surface area contributed by atoms with Gasteiger partial charge in [0.2, 0.25) is 0 Å². The van der Waals surface area contributed by atoms with Crippen molar-refractivity contribution >= 4 is 22.6 Å². The van der Waals surface area contributed by atoms with Gasteiger partial charge in [-0.1, -0.05) is 30.3 Å². The van der Waals surface area contributed by atoms with Gasteiger partial charge in [-0.2, -0.15) is 0 Å². The molecule has 1 N–H and O–H groups in total. The third-order valence-corrected chi connectivity index (χ3v) is 5.62. The van der Waals surface area contributed by atoms with Crippen molar-refractivity contribution in [2.24, 2.45) is 0 Å². The SMILES string of the molecule is CC(c1ccccc1)N1CCn2c(nc3cc(NC(=O)c4ccco4)ccc32)C1. The topological polar surface area (TPSA) is 63.3 Å². The quantitative estimate of drug-likeness (QED) is 0.562. The molecule has 1 atom stereocenters. The van der Waals surface area contributed by atoms with E-state index in [9.17, 15) is 4.79 Å². The molecule has 1 aliphatic heterocycles. The molecule has 4 aromatic rings. The molecule has 0 aliphatic carbocycles. The number of anilines is 1. The van der Waals surface area contributed by atoms with E-state index in [2.05, 4.69) is 46.0 Å². The van der Waals surface area contributed by atoms with E-state index in [0.717, 1.165) is 36.5 Å². The van der Waals surface area contributed by atoms with Crippen molar-refractivity contribution in [2.45, 2.75) is 26.1 Å². The summed E-state index contributed by atoms with van der Waals surface area (Å²) in [5, 5.41) is 2.87. The van der Waals surface area contributed by atoms with Gasteiger partial charge in [-0.3, -0.25) is 9.69 Å². The molecular weight excluding hydrogens is 364 g/mol. The molecule has 0 saturated heterocycles. The molecule has 0 fully saturated rings. The predicted octanol–water partition coefficient (Wildman–Crippen LogP) is 4.46. The number of nitrogens with one attached hydrogen (secondary N) is 1. The number of carbonyl (C=O) groups excluding carboxylic acids is 1. The Kier molecular flexibility index (Phi) is 4.41. The number of furan rings is 1. The lowest BCUT2D eigenvalue weighted by Crippen LogP contribution is -2.35. The van der Waals surface area contributed by atoms with Crippen LogP contribution in [-0.4, -0.2) is 26.9 Å². The molecule has 146 valence electrons. The first-order valence-corrected chi connectivity index (χ1v) is 9.82. The standard InChI is InChI=1S/C23H22N4O2/c1-16(17-6-3-2-4-7-17)26-11-12-27-20-10-9-18(14-19(20)25-22(27)15-26)24-23(28)21-8-5-13-29-21/h2-10,13-14,16H,11-12,15H2,1H3,(H,24,28). The molecule has 0 saturated carbocycles. The summed E-state index contributed by atoms with van der Waals surface area (Å²) in [5.41, 5.74) is 4.03. The van der Waals surface area contributed by atoms with Gasteiger partial charge in [-0.05, 0) is 42.8 Å². The fourth-order valence-electron chi connectivity index (χ4n) is 3.99. The monoisotopic (exact) mass is 386 g/mol. The molecule has 1 amide bonds. The number of imidazole rings is 1. The summed E-state index contributed by atoms with van der Waals surface area (Å²) in [6.07, 6.45) is 1.49. The summed E-state index contributed by atoms with van der Waals surface area (Å²) in [6, 6.07) is 20.1. The van der Waals surface area contributed by atoms with Crippen molar-refractivity contribution in [3.05, 3.63) is 84.1 Å². The summed E-state index contributed by atoms with van der Waals surface area (Å²) in [4.78, 5) is 19.5. The van der Waals surface area contributed by atoms with E-state index in [-0.39, 0.29) is 5.91 Å². The van der Waals surface area contributed by atoms with Crippen LogP contribution < -0.4 is 5.32 Å². The molecule has 1 aliphatic rings. The van der Waals surface area contributed by atoms with E-state index in [1.165, 1.54) is 11.8 Å². The van der Waals surface area contributed by atoms with Crippen molar-refractivity contribution in [2.75, 3.05) is 11.9 Å². The maximum absolute atomic E-state index is 12.2. The van der Waals surface area contributed by atoms with Crippen LogP contribution in [0, 0.1) is 0 Å². The van der Waals surface area contributed by atoms with E-state index in [1.54, 1.807) is 12.1 Å². The fraction of sp³-hybridized carbons (Fsp3) is 0.217. The number of fused-ring (bicyclic) bond motifs is 3. The molecule has 0 spiro atoms. The van der Waals surface area contributed by atoms with Crippen molar-refractivity contribution in [3.8, 4) is 0 Å². The highest BCUT2D eigenvalue weighted by Crippen LogP contribution is 2.28. The zero-order valence-corrected chi connectivity index (χ0v) is 16.2. The Morgan fingerprint density at radius 3 is 2.76 bits per heavy atom. The Bertz CT molecular complexity index is 1150. The first kappa shape index (κ1) is 17.7. The number of aromatic nitrogens is 2. The third-order valence-electron chi connectivity index (χ3n) is 5.62. The van der Waals surface area contributed by atoms with Crippen LogP contribution in [-0.2, 0) is 13.1 Å². The zero-order chi connectivity index (χ0) is 19.8. The minimum absolute atomic E-state index is 0.263. The second-order valence-corrected chi connectivity index (χ2v) is 7.37. The summed E-state index contributed by atoms with van der Waals surface area (Å²) in [6.45, 7) is 4.93. The number of rotatable bonds is 4. The number of hydrogen-bond donors (Lipinski definition) is 1. The molecular formula is C23H22N4O2. The molecule has 6 nitrogen and oxygen atoms in total. The van der Waals surface area contributed by atoms with Gasteiger partial charge < -0.3 is 14.3 Å². The van der Waals surface area contributed by atoms with Crippen LogP contribution in [0.25, 0.3) is 11.0 Å². The number of carbonyl (C=O) groups is 1. The summed E-state index contributed by atoms with van der Waals surface area (Å²) >= 11 is 0. The molecule has 2 aromatic heterocycles. The van der Waals surface area contributed by atoms with Crippen LogP contribution in [0.1, 0.15) is 34.9 Å². The zero-order valence-electron chi connectivity index (χ0n) is 16.2. The molecule has 5 rings (SSSR count). The predicted molar refractivity (Wildman–Crippen MR) is 112 cm³/mol. The molecule has 2 aromatic carbocycles. The van der Waals surface area contributed by atoms with E-state index >= 15 is 0 Å². The number of benzene rings is 2. The van der Waals surface area contributed by atoms with Gasteiger partial charge >= 0.3 is 0 Å². The fourth-order valence-corrected chi connectivity index (χ4v) is 3.99. The van der Waals surface area contributed by atoms with E-state index < -0.39 is 0 Å². The maximum atomic E-state index is 12.2. The van der Waals surface area contributed by atoms with Crippen LogP contribution >= 0.6 is 0 Å². The number of amides is 1. The maximum Gasteiger partial charge on any atom is 0.291 e. The van der Waals surface area contributed by atoms with E-state index in [4.69, 9.17) is 9.40 Å². The largest absolute Gasteiger partial charge is 0.459 e. The van der Waals surface area contributed by atoms with Gasteiger partial charge in [-0.25, -0.2) is 4.98 Å². The minimum atomic E-state index is -0.263. The smallest absolute Gasteiger partial charge is 0.291 e. The van der Waals surface area contributed by atoms with Gasteiger partial charge in [0.05, 0.1) is 23.8 Å². The van der Waals surface area contributed by atoms with Gasteiger partial charge in [0, 0.05) is 24.8 Å². The minimum Gasteiger partial charge on any atom is -0.459 e. The molecule has 0 bridgehead atoms. The average Bonchev–Trinajstić information content (AvgIpc) is 3.41. The molecule has 29 heavy (non-hydrogen) atoms. The van der Waals surface area contributed by atoms with Crippen molar-refractivity contribution in [3.63, 3.8) is 0 Å². The van der Waals surface area contributed by atoms with Gasteiger partial charge in [-0.15, -0.1) is 0 Å². The lowest BCUT2D eigenvalue weighted by atomic mass is 10.1. The second kappa shape index (κ2) is 7.22. The number of nitrogens with zero attached hydrogens (tertiary/aromatic N) is 3. The van der Waals surface area contributed by atoms with E-state index in [1.807, 2.05) is 24.3 Å². The van der Waals surface area contributed by atoms with Crippen molar-refractivity contribution in [1.82, 2.24) is 14.5 Å². The first-order valence-electron chi connectivity index (χ1n) is 9.82. The van der Waals surface area contributed by atoms with Gasteiger partial charge in [0.1, 0.15) is 5.82 Å². The van der Waals surface area contributed by atoms with Crippen molar-refractivity contribution in [1.29, 1.82) is 0 Å². The van der Waals surface area contributed by atoms with Crippen molar-refractivity contribution < 1.29 is 9.21 Å². The Hall–Kier alpha value is -3.38.